The van der Waals surface area contributed by atoms with Crippen molar-refractivity contribution < 1.29 is 0 Å². The summed E-state index contributed by atoms with van der Waals surface area (Å²) in [6.07, 6.45) is 0. The maximum Gasteiger partial charge on any atom is 0.127 e. The topological polar surface area (TPSA) is 38.9 Å². The molecule has 2 nitrogen and oxygen atoms in total. The molecule has 0 aliphatic rings. The summed E-state index contributed by atoms with van der Waals surface area (Å²) in [4.78, 5) is 7.13. The first-order chi connectivity index (χ1) is 13.1. The summed E-state index contributed by atoms with van der Waals surface area (Å²) in [7, 11) is 0. The molecule has 0 fully saturated rings. The van der Waals surface area contributed by atoms with Crippen molar-refractivity contribution in [3.05, 3.63) is 53.9 Å². The number of aromatic nitrogens is 1. The zero-order chi connectivity index (χ0) is 19.4. The molecule has 0 radical (unpaired) electrons. The average Bonchev–Trinajstić information content (AvgIpc) is 3.32. The molecule has 0 unspecified atom stereocenters. The van der Waals surface area contributed by atoms with E-state index in [0.717, 1.165) is 25.8 Å². The third-order valence-corrected chi connectivity index (χ3v) is 7.10. The third-order valence-electron chi connectivity index (χ3n) is 3.87. The third kappa shape index (κ3) is 4.21. The predicted molar refractivity (Wildman–Crippen MR) is 125 cm³/mol. The van der Waals surface area contributed by atoms with Gasteiger partial charge in [0, 0.05) is 10.6 Å². The van der Waals surface area contributed by atoms with Crippen molar-refractivity contribution in [3.8, 4) is 21.7 Å². The summed E-state index contributed by atoms with van der Waals surface area (Å²) in [6.45, 7) is 8.38. The van der Waals surface area contributed by atoms with E-state index in [9.17, 15) is 0 Å². The maximum absolute atomic E-state index is 6.55. The number of anilines is 1. The Balaban J connectivity index is 0.00000102. The van der Waals surface area contributed by atoms with E-state index < -0.39 is 0 Å². The number of hydrogen-bond donors (Lipinski definition) is 1. The molecule has 0 saturated carbocycles. The highest BCUT2D eigenvalue weighted by Gasteiger charge is 2.18. The number of hydrogen-bond acceptors (Lipinski definition) is 5. The number of nitrogens with zero attached hydrogens (tertiary/aromatic N) is 1. The van der Waals surface area contributed by atoms with Crippen molar-refractivity contribution in [2.45, 2.75) is 37.2 Å². The van der Waals surface area contributed by atoms with Crippen LogP contribution in [0.1, 0.15) is 27.7 Å². The monoisotopic (exact) mass is 412 g/mol. The molecule has 0 atom stereocenters. The lowest BCUT2D eigenvalue weighted by Gasteiger charge is -2.08. The minimum Gasteiger partial charge on any atom is -0.397 e. The van der Waals surface area contributed by atoms with Gasteiger partial charge < -0.3 is 5.73 Å². The Morgan fingerprint density at radius 1 is 1.04 bits per heavy atom. The first-order valence-electron chi connectivity index (χ1n) is 9.12. The van der Waals surface area contributed by atoms with Gasteiger partial charge in [0.15, 0.2) is 0 Å². The molecular formula is C22H24N2S3. The highest BCUT2D eigenvalue weighted by atomic mass is 32.2. The molecule has 0 aliphatic carbocycles. The SMILES string of the molecule is CC.CC(C)Sc1sc2nc(-c3cccs3)cc(-c3ccccc3)c2c1N. The lowest BCUT2D eigenvalue weighted by molar-refractivity contribution is 1.11. The Hall–Kier alpha value is -1.82. The van der Waals surface area contributed by atoms with Crippen LogP contribution in [0.4, 0.5) is 5.69 Å². The van der Waals surface area contributed by atoms with Gasteiger partial charge in [0.05, 0.1) is 20.5 Å². The highest BCUT2D eigenvalue weighted by molar-refractivity contribution is 8.02. The lowest BCUT2D eigenvalue weighted by atomic mass is 10.0. The van der Waals surface area contributed by atoms with Gasteiger partial charge in [-0.05, 0) is 28.6 Å². The summed E-state index contributed by atoms with van der Waals surface area (Å²) in [5.41, 5.74) is 10.8. The second-order valence-electron chi connectivity index (χ2n) is 6.05. The number of nitrogens with two attached hydrogens (primary N) is 1. The van der Waals surface area contributed by atoms with E-state index in [1.165, 1.54) is 16.0 Å². The lowest BCUT2D eigenvalue weighted by Crippen LogP contribution is -1.91. The van der Waals surface area contributed by atoms with Crippen molar-refractivity contribution in [2.75, 3.05) is 5.73 Å². The fraction of sp³-hybridized carbons (Fsp3) is 0.227. The van der Waals surface area contributed by atoms with Crippen LogP contribution >= 0.6 is 34.4 Å². The molecule has 3 heterocycles. The van der Waals surface area contributed by atoms with E-state index in [4.69, 9.17) is 10.7 Å². The summed E-state index contributed by atoms with van der Waals surface area (Å²) in [5.74, 6) is 0. The quantitative estimate of drug-likeness (QED) is 0.347. The molecule has 0 saturated heterocycles. The number of fused-ring (bicyclic) bond motifs is 1. The standard InChI is InChI=1S/C20H18N2S3.C2H6/c1-12(2)24-20-18(21)17-14(13-7-4-3-5-8-13)11-15(22-19(17)25-20)16-9-6-10-23-16;1-2/h3-12H,21H2,1-2H3;1-2H3. The molecule has 4 aromatic rings. The first kappa shape index (κ1) is 19.9. The van der Waals surface area contributed by atoms with Crippen LogP contribution in [0.25, 0.3) is 31.9 Å². The Bertz CT molecular complexity index is 1000. The molecule has 0 amide bonds. The number of rotatable bonds is 4. The zero-order valence-electron chi connectivity index (χ0n) is 16.0. The number of pyridine rings is 1. The van der Waals surface area contributed by atoms with Crippen LogP contribution < -0.4 is 5.73 Å². The van der Waals surface area contributed by atoms with Gasteiger partial charge in [0.2, 0.25) is 0 Å². The molecule has 3 aromatic heterocycles. The normalized spacial score (nSPS) is 10.9. The van der Waals surface area contributed by atoms with Crippen molar-refractivity contribution in [1.29, 1.82) is 0 Å². The fourth-order valence-corrected chi connectivity index (χ4v) is 6.00. The second-order valence-corrected chi connectivity index (χ2v) is 9.84. The summed E-state index contributed by atoms with van der Waals surface area (Å²) in [6, 6.07) is 16.8. The minimum absolute atomic E-state index is 0.493. The van der Waals surface area contributed by atoms with Crippen LogP contribution in [-0.2, 0) is 0 Å². The van der Waals surface area contributed by atoms with E-state index in [-0.39, 0.29) is 0 Å². The van der Waals surface area contributed by atoms with Crippen LogP contribution in [-0.4, -0.2) is 10.2 Å². The van der Waals surface area contributed by atoms with Gasteiger partial charge >= 0.3 is 0 Å². The van der Waals surface area contributed by atoms with E-state index >= 15 is 0 Å². The van der Waals surface area contributed by atoms with Gasteiger partial charge in [-0.25, -0.2) is 4.98 Å². The molecule has 0 spiro atoms. The predicted octanol–water partition coefficient (Wildman–Crippen LogP) is 7.80. The van der Waals surface area contributed by atoms with Gasteiger partial charge in [-0.3, -0.25) is 0 Å². The average molecular weight is 413 g/mol. The Labute approximate surface area is 173 Å². The van der Waals surface area contributed by atoms with Crippen molar-refractivity contribution in [2.24, 2.45) is 0 Å². The van der Waals surface area contributed by atoms with Crippen molar-refractivity contribution >= 4 is 50.3 Å². The van der Waals surface area contributed by atoms with E-state index in [1.807, 2.05) is 31.7 Å². The molecule has 4 rings (SSSR count). The molecule has 0 aliphatic heterocycles. The van der Waals surface area contributed by atoms with Gasteiger partial charge in [0.25, 0.3) is 0 Å². The highest BCUT2D eigenvalue weighted by Crippen LogP contribution is 2.46. The van der Waals surface area contributed by atoms with Crippen LogP contribution in [0.3, 0.4) is 0 Å². The second kappa shape index (κ2) is 8.91. The Kier molecular flexibility index (Phi) is 6.58. The number of benzene rings is 1. The minimum atomic E-state index is 0.493. The van der Waals surface area contributed by atoms with Gasteiger partial charge in [-0.1, -0.05) is 64.1 Å². The zero-order valence-corrected chi connectivity index (χ0v) is 18.5. The fourth-order valence-electron chi connectivity index (χ4n) is 2.80. The summed E-state index contributed by atoms with van der Waals surface area (Å²) < 4.78 is 1.16. The number of thiophene rings is 2. The van der Waals surface area contributed by atoms with Crippen LogP contribution in [0.2, 0.25) is 0 Å². The maximum atomic E-state index is 6.55. The first-order valence-corrected chi connectivity index (χ1v) is 11.7. The van der Waals surface area contributed by atoms with Crippen LogP contribution in [0, 0.1) is 0 Å². The van der Waals surface area contributed by atoms with Crippen LogP contribution in [0.15, 0.2) is 58.1 Å². The van der Waals surface area contributed by atoms with Gasteiger partial charge in [-0.15, -0.1) is 34.4 Å². The molecule has 140 valence electrons. The Morgan fingerprint density at radius 3 is 2.41 bits per heavy atom. The number of thioether (sulfide) groups is 1. The largest absolute Gasteiger partial charge is 0.397 e. The summed E-state index contributed by atoms with van der Waals surface area (Å²) in [5, 5.41) is 3.67. The Morgan fingerprint density at radius 2 is 1.78 bits per heavy atom. The molecule has 27 heavy (non-hydrogen) atoms. The van der Waals surface area contributed by atoms with E-state index in [0.29, 0.717) is 5.25 Å². The molecular weight excluding hydrogens is 388 g/mol. The van der Waals surface area contributed by atoms with Gasteiger partial charge in [0.1, 0.15) is 4.83 Å². The summed E-state index contributed by atoms with van der Waals surface area (Å²) >= 11 is 5.23. The van der Waals surface area contributed by atoms with Crippen molar-refractivity contribution in [3.63, 3.8) is 0 Å². The van der Waals surface area contributed by atoms with Crippen molar-refractivity contribution in [1.82, 2.24) is 4.98 Å². The van der Waals surface area contributed by atoms with Gasteiger partial charge in [-0.2, -0.15) is 0 Å². The smallest absolute Gasteiger partial charge is 0.127 e. The van der Waals surface area contributed by atoms with E-state index in [2.05, 4.69) is 61.7 Å². The molecule has 2 N–H and O–H groups in total. The molecule has 1 aromatic carbocycles. The molecule has 0 bridgehead atoms. The number of nitrogen functional groups attached to an aromatic ring is 1. The van der Waals surface area contributed by atoms with Crippen LogP contribution in [0.5, 0.6) is 0 Å². The molecule has 5 heteroatoms. The van der Waals surface area contributed by atoms with E-state index in [1.54, 1.807) is 22.7 Å².